The van der Waals surface area contributed by atoms with Crippen LogP contribution in [-0.4, -0.2) is 19.2 Å². The molecule has 0 bridgehead atoms. The van der Waals surface area contributed by atoms with E-state index in [4.69, 9.17) is 4.74 Å². The molecular formula is C30H27F2NO. The number of hydrogen-bond donors (Lipinski definition) is 1. The fourth-order valence-corrected chi connectivity index (χ4v) is 4.66. The van der Waals surface area contributed by atoms with Crippen LogP contribution in [0, 0.1) is 11.6 Å². The summed E-state index contributed by atoms with van der Waals surface area (Å²) in [5.41, 5.74) is 6.07. The molecule has 172 valence electrons. The molecule has 0 aliphatic carbocycles. The molecule has 0 saturated carbocycles. The van der Waals surface area contributed by atoms with Crippen molar-refractivity contribution in [2.75, 3.05) is 13.1 Å². The summed E-state index contributed by atoms with van der Waals surface area (Å²) in [6, 6.07) is 30.5. The van der Waals surface area contributed by atoms with Crippen LogP contribution in [-0.2, 0) is 11.3 Å². The molecule has 34 heavy (non-hydrogen) atoms. The highest BCUT2D eigenvalue weighted by Gasteiger charge is 2.27. The summed E-state index contributed by atoms with van der Waals surface area (Å²) in [5, 5.41) is 3.45. The van der Waals surface area contributed by atoms with Crippen molar-refractivity contribution in [2.45, 2.75) is 25.0 Å². The molecule has 0 aromatic heterocycles. The minimum absolute atomic E-state index is 0.0771. The molecule has 0 amide bonds. The third kappa shape index (κ3) is 5.24. The van der Waals surface area contributed by atoms with Crippen LogP contribution in [0.5, 0.6) is 0 Å². The van der Waals surface area contributed by atoms with Crippen molar-refractivity contribution in [1.82, 2.24) is 5.32 Å². The Bertz CT molecular complexity index is 1200. The smallest absolute Gasteiger partial charge is 0.126 e. The summed E-state index contributed by atoms with van der Waals surface area (Å²) in [4.78, 5) is 0. The Kier molecular flexibility index (Phi) is 6.79. The van der Waals surface area contributed by atoms with E-state index in [9.17, 15) is 8.78 Å². The van der Waals surface area contributed by atoms with Gasteiger partial charge >= 0.3 is 0 Å². The lowest BCUT2D eigenvalue weighted by atomic mass is 9.87. The monoisotopic (exact) mass is 455 g/mol. The van der Waals surface area contributed by atoms with E-state index in [0.717, 1.165) is 36.7 Å². The average Bonchev–Trinajstić information content (AvgIpc) is 2.88. The van der Waals surface area contributed by atoms with Crippen molar-refractivity contribution in [3.8, 4) is 22.3 Å². The van der Waals surface area contributed by atoms with E-state index in [0.29, 0.717) is 18.1 Å². The molecule has 4 aromatic rings. The summed E-state index contributed by atoms with van der Waals surface area (Å²) in [6.45, 7) is 2.28. The number of rotatable bonds is 6. The second kappa shape index (κ2) is 10.3. The molecular weight excluding hydrogens is 428 g/mol. The van der Waals surface area contributed by atoms with Crippen molar-refractivity contribution >= 4 is 0 Å². The Balaban J connectivity index is 1.25. The average molecular weight is 456 g/mol. The Morgan fingerprint density at radius 3 is 2.03 bits per heavy atom. The summed E-state index contributed by atoms with van der Waals surface area (Å²) in [7, 11) is 0. The SMILES string of the molecule is Fc1cc(F)cc(-c2ccc(CO[C@H]3CNCC[C@@H]3c3ccc(-c4ccccc4)cc3)cc2)c1. The van der Waals surface area contributed by atoms with Gasteiger partial charge in [0.15, 0.2) is 0 Å². The summed E-state index contributed by atoms with van der Waals surface area (Å²) >= 11 is 0. The Hall–Kier alpha value is -3.34. The molecule has 4 heteroatoms. The van der Waals surface area contributed by atoms with E-state index in [1.165, 1.54) is 28.8 Å². The van der Waals surface area contributed by atoms with E-state index in [1.54, 1.807) is 0 Å². The standard InChI is InChI=1S/C30H27F2NO/c31-27-16-26(17-28(32)18-27)24-8-6-21(7-9-24)20-34-30-19-33-15-14-29(30)25-12-10-23(11-13-25)22-4-2-1-3-5-22/h1-13,16-18,29-30,33H,14-15,19-20H2/t29-,30+/m1/s1. The van der Waals surface area contributed by atoms with E-state index in [-0.39, 0.29) is 6.10 Å². The predicted octanol–water partition coefficient (Wildman–Crippen LogP) is 6.96. The highest BCUT2D eigenvalue weighted by atomic mass is 19.1. The number of hydrogen-bond acceptors (Lipinski definition) is 2. The lowest BCUT2D eigenvalue weighted by Crippen LogP contribution is -2.40. The topological polar surface area (TPSA) is 21.3 Å². The molecule has 1 fully saturated rings. The first-order chi connectivity index (χ1) is 16.7. The molecule has 1 aliphatic rings. The molecule has 2 nitrogen and oxygen atoms in total. The van der Waals surface area contributed by atoms with Crippen molar-refractivity contribution in [1.29, 1.82) is 0 Å². The zero-order chi connectivity index (χ0) is 23.3. The van der Waals surface area contributed by atoms with Gasteiger partial charge in [0.1, 0.15) is 11.6 Å². The first-order valence-corrected chi connectivity index (χ1v) is 11.7. The molecule has 0 spiro atoms. The fourth-order valence-electron chi connectivity index (χ4n) is 4.66. The Morgan fingerprint density at radius 1 is 0.706 bits per heavy atom. The Morgan fingerprint density at radius 2 is 1.32 bits per heavy atom. The van der Waals surface area contributed by atoms with Crippen LogP contribution >= 0.6 is 0 Å². The van der Waals surface area contributed by atoms with E-state index < -0.39 is 11.6 Å². The second-order valence-corrected chi connectivity index (χ2v) is 8.79. The van der Waals surface area contributed by atoms with Gasteiger partial charge in [-0.15, -0.1) is 0 Å². The van der Waals surface area contributed by atoms with Crippen LogP contribution in [0.4, 0.5) is 8.78 Å². The third-order valence-corrected chi connectivity index (χ3v) is 6.49. The third-order valence-electron chi connectivity index (χ3n) is 6.49. The Labute approximate surface area is 199 Å². The summed E-state index contributed by atoms with van der Waals surface area (Å²) in [6.07, 6.45) is 1.10. The van der Waals surface area contributed by atoms with Crippen molar-refractivity contribution < 1.29 is 13.5 Å². The zero-order valence-electron chi connectivity index (χ0n) is 18.9. The molecule has 1 aliphatic heterocycles. The van der Waals surface area contributed by atoms with Crippen LogP contribution in [0.1, 0.15) is 23.5 Å². The fraction of sp³-hybridized carbons (Fsp3) is 0.200. The maximum Gasteiger partial charge on any atom is 0.126 e. The van der Waals surface area contributed by atoms with Gasteiger partial charge in [-0.1, -0.05) is 78.9 Å². The molecule has 2 atom stereocenters. The quantitative estimate of drug-likeness (QED) is 0.339. The lowest BCUT2D eigenvalue weighted by Gasteiger charge is -2.32. The number of benzene rings is 4. The zero-order valence-corrected chi connectivity index (χ0v) is 18.9. The van der Waals surface area contributed by atoms with Gasteiger partial charge in [0.05, 0.1) is 12.7 Å². The van der Waals surface area contributed by atoms with Gasteiger partial charge in [-0.05, 0) is 58.5 Å². The number of ether oxygens (including phenoxy) is 1. The highest BCUT2D eigenvalue weighted by Crippen LogP contribution is 2.30. The first kappa shape index (κ1) is 22.5. The molecule has 1 saturated heterocycles. The molecule has 1 N–H and O–H groups in total. The molecule has 0 unspecified atom stereocenters. The summed E-state index contributed by atoms with van der Waals surface area (Å²) < 4.78 is 33.4. The predicted molar refractivity (Wildman–Crippen MR) is 132 cm³/mol. The van der Waals surface area contributed by atoms with Gasteiger partial charge in [0.25, 0.3) is 0 Å². The minimum Gasteiger partial charge on any atom is -0.372 e. The van der Waals surface area contributed by atoms with Gasteiger partial charge < -0.3 is 10.1 Å². The highest BCUT2D eigenvalue weighted by molar-refractivity contribution is 5.64. The van der Waals surface area contributed by atoms with Crippen LogP contribution in [0.25, 0.3) is 22.3 Å². The first-order valence-electron chi connectivity index (χ1n) is 11.7. The molecule has 4 aromatic carbocycles. The maximum atomic E-state index is 13.5. The lowest BCUT2D eigenvalue weighted by molar-refractivity contribution is 0.0106. The van der Waals surface area contributed by atoms with Crippen molar-refractivity contribution in [2.24, 2.45) is 0 Å². The van der Waals surface area contributed by atoms with Gasteiger partial charge in [0.2, 0.25) is 0 Å². The van der Waals surface area contributed by atoms with Crippen LogP contribution in [0.2, 0.25) is 0 Å². The maximum absolute atomic E-state index is 13.5. The van der Waals surface area contributed by atoms with Crippen molar-refractivity contribution in [3.05, 3.63) is 120 Å². The largest absolute Gasteiger partial charge is 0.372 e. The number of halogens is 2. The molecule has 5 rings (SSSR count). The van der Waals surface area contributed by atoms with Gasteiger partial charge in [-0.3, -0.25) is 0 Å². The van der Waals surface area contributed by atoms with Crippen LogP contribution in [0.3, 0.4) is 0 Å². The normalized spacial score (nSPS) is 18.1. The van der Waals surface area contributed by atoms with E-state index in [1.807, 2.05) is 30.3 Å². The van der Waals surface area contributed by atoms with E-state index in [2.05, 4.69) is 53.8 Å². The van der Waals surface area contributed by atoms with Gasteiger partial charge in [-0.25, -0.2) is 8.78 Å². The molecule has 0 radical (unpaired) electrons. The van der Waals surface area contributed by atoms with Crippen molar-refractivity contribution in [3.63, 3.8) is 0 Å². The number of piperidine rings is 1. The second-order valence-electron chi connectivity index (χ2n) is 8.79. The van der Waals surface area contributed by atoms with Gasteiger partial charge in [-0.2, -0.15) is 0 Å². The van der Waals surface area contributed by atoms with Crippen LogP contribution in [0.15, 0.2) is 97.1 Å². The van der Waals surface area contributed by atoms with E-state index >= 15 is 0 Å². The van der Waals surface area contributed by atoms with Gasteiger partial charge in [0, 0.05) is 18.5 Å². The number of nitrogens with one attached hydrogen (secondary N) is 1. The minimum atomic E-state index is -0.574. The van der Waals surface area contributed by atoms with Crippen LogP contribution < -0.4 is 5.32 Å². The summed E-state index contributed by atoms with van der Waals surface area (Å²) in [5.74, 6) is -0.814. The molecule has 1 heterocycles.